The molecule has 15 heavy (non-hydrogen) atoms. The van der Waals surface area contributed by atoms with E-state index in [2.05, 4.69) is 13.8 Å². The molecule has 0 radical (unpaired) electrons. The highest BCUT2D eigenvalue weighted by atomic mass is 35.5. The third kappa shape index (κ3) is 3.95. The van der Waals surface area contributed by atoms with E-state index in [4.69, 9.17) is 28.9 Å². The minimum atomic E-state index is 0.0165. The van der Waals surface area contributed by atoms with Gasteiger partial charge in [0.1, 0.15) is 0 Å². The summed E-state index contributed by atoms with van der Waals surface area (Å²) in [5, 5.41) is 0. The predicted molar refractivity (Wildman–Crippen MR) is 70.0 cm³/mol. The van der Waals surface area contributed by atoms with Gasteiger partial charge in [-0.3, -0.25) is 0 Å². The van der Waals surface area contributed by atoms with Crippen molar-refractivity contribution in [2.45, 2.75) is 39.2 Å². The van der Waals surface area contributed by atoms with Gasteiger partial charge in [0.2, 0.25) is 0 Å². The first-order chi connectivity index (χ1) is 7.04. The number of hydrogen-bond acceptors (Lipinski definition) is 2. The average Bonchev–Trinajstić information content (AvgIpc) is 2.45. The van der Waals surface area contributed by atoms with Crippen LogP contribution >= 0.6 is 34.5 Å². The van der Waals surface area contributed by atoms with E-state index in [1.807, 2.05) is 6.07 Å². The highest BCUT2D eigenvalue weighted by Gasteiger charge is 2.16. The molecule has 1 heterocycles. The number of rotatable bonds is 5. The number of hydrogen-bond donors (Lipinski definition) is 1. The molecule has 0 amide bonds. The summed E-state index contributed by atoms with van der Waals surface area (Å²) >= 11 is 13.3. The maximum absolute atomic E-state index is 6.10. The summed E-state index contributed by atoms with van der Waals surface area (Å²) in [4.78, 5) is 0. The van der Waals surface area contributed by atoms with Gasteiger partial charge in [0.15, 0.2) is 0 Å². The Bertz CT molecular complexity index is 312. The van der Waals surface area contributed by atoms with Crippen LogP contribution in [0.1, 0.15) is 44.7 Å². The Morgan fingerprint density at radius 1 is 1.47 bits per heavy atom. The molecule has 0 aliphatic rings. The second-order valence-corrected chi connectivity index (χ2v) is 6.30. The smallest absolute Gasteiger partial charge is 0.0991 e. The molecular formula is C11H17Cl2NS. The lowest BCUT2D eigenvalue weighted by atomic mass is 9.95. The topological polar surface area (TPSA) is 26.0 Å². The van der Waals surface area contributed by atoms with E-state index in [1.165, 1.54) is 24.2 Å². The molecule has 2 atom stereocenters. The van der Waals surface area contributed by atoms with Crippen molar-refractivity contribution >= 4 is 34.5 Å². The second-order valence-electron chi connectivity index (χ2n) is 4.02. The summed E-state index contributed by atoms with van der Waals surface area (Å²) in [5.74, 6) is 0.639. The van der Waals surface area contributed by atoms with Crippen molar-refractivity contribution in [1.29, 1.82) is 0 Å². The number of thiophene rings is 1. The molecule has 2 unspecified atom stereocenters. The van der Waals surface area contributed by atoms with Crippen molar-refractivity contribution in [3.8, 4) is 0 Å². The van der Waals surface area contributed by atoms with Gasteiger partial charge in [0.25, 0.3) is 0 Å². The third-order valence-electron chi connectivity index (χ3n) is 2.52. The van der Waals surface area contributed by atoms with Gasteiger partial charge >= 0.3 is 0 Å². The van der Waals surface area contributed by atoms with Crippen LogP contribution in [-0.2, 0) is 0 Å². The fourth-order valence-corrected chi connectivity index (χ4v) is 3.37. The van der Waals surface area contributed by atoms with E-state index in [9.17, 15) is 0 Å². The Kier molecular flexibility index (Phi) is 5.41. The van der Waals surface area contributed by atoms with Crippen LogP contribution in [0.4, 0.5) is 0 Å². The summed E-state index contributed by atoms with van der Waals surface area (Å²) in [6.07, 6.45) is 3.38. The van der Waals surface area contributed by atoms with Crippen LogP contribution in [0.5, 0.6) is 0 Å². The van der Waals surface area contributed by atoms with Crippen molar-refractivity contribution in [3.05, 3.63) is 20.3 Å². The van der Waals surface area contributed by atoms with Gasteiger partial charge < -0.3 is 5.73 Å². The molecule has 0 saturated carbocycles. The summed E-state index contributed by atoms with van der Waals surface area (Å²) in [6.45, 7) is 4.42. The van der Waals surface area contributed by atoms with Crippen LogP contribution in [0.3, 0.4) is 0 Å². The Hall–Kier alpha value is 0.240. The van der Waals surface area contributed by atoms with E-state index < -0.39 is 0 Å². The highest BCUT2D eigenvalue weighted by molar-refractivity contribution is 7.20. The molecule has 0 spiro atoms. The Labute approximate surface area is 106 Å². The molecule has 0 aromatic carbocycles. The molecule has 2 N–H and O–H groups in total. The largest absolute Gasteiger partial charge is 0.324 e. The summed E-state index contributed by atoms with van der Waals surface area (Å²) in [5.41, 5.74) is 7.10. The number of halogens is 2. The summed E-state index contributed by atoms with van der Waals surface area (Å²) in [7, 11) is 0. The minimum absolute atomic E-state index is 0.0165. The number of nitrogens with two attached hydrogens (primary N) is 1. The summed E-state index contributed by atoms with van der Waals surface area (Å²) < 4.78 is 1.45. The zero-order valence-electron chi connectivity index (χ0n) is 9.09. The van der Waals surface area contributed by atoms with Crippen molar-refractivity contribution < 1.29 is 0 Å². The van der Waals surface area contributed by atoms with E-state index in [0.29, 0.717) is 10.3 Å². The molecule has 86 valence electrons. The highest BCUT2D eigenvalue weighted by Crippen LogP contribution is 2.36. The van der Waals surface area contributed by atoms with Gasteiger partial charge in [-0.25, -0.2) is 0 Å². The fourth-order valence-electron chi connectivity index (χ4n) is 1.78. The van der Waals surface area contributed by atoms with Crippen molar-refractivity contribution in [2.24, 2.45) is 11.7 Å². The van der Waals surface area contributed by atoms with Gasteiger partial charge in [0.05, 0.1) is 8.67 Å². The zero-order chi connectivity index (χ0) is 11.4. The van der Waals surface area contributed by atoms with Crippen LogP contribution in [0.15, 0.2) is 6.07 Å². The molecule has 1 aromatic heterocycles. The average molecular weight is 266 g/mol. The minimum Gasteiger partial charge on any atom is -0.324 e. The van der Waals surface area contributed by atoms with E-state index >= 15 is 0 Å². The normalized spacial score (nSPS) is 15.3. The summed E-state index contributed by atoms with van der Waals surface area (Å²) in [6, 6.07) is 1.90. The first kappa shape index (κ1) is 13.3. The van der Waals surface area contributed by atoms with Gasteiger partial charge in [-0.05, 0) is 24.0 Å². The fraction of sp³-hybridized carbons (Fsp3) is 0.636. The second kappa shape index (κ2) is 6.09. The molecule has 0 saturated heterocycles. The van der Waals surface area contributed by atoms with Crippen LogP contribution in [-0.4, -0.2) is 0 Å². The Morgan fingerprint density at radius 2 is 2.13 bits per heavy atom. The molecule has 4 heteroatoms. The molecule has 0 bridgehead atoms. The van der Waals surface area contributed by atoms with Crippen LogP contribution in [0.25, 0.3) is 0 Å². The van der Waals surface area contributed by atoms with Crippen molar-refractivity contribution in [3.63, 3.8) is 0 Å². The predicted octanol–water partition coefficient (Wildman–Crippen LogP) is 4.88. The SMILES string of the molecule is CCCC(C)CC(N)c1cc(Cl)sc1Cl. The first-order valence-electron chi connectivity index (χ1n) is 5.24. The third-order valence-corrected chi connectivity index (χ3v) is 4.04. The standard InChI is InChI=1S/C11H17Cl2NS/c1-3-4-7(2)5-9(14)8-6-10(12)15-11(8)13/h6-7,9H,3-5,14H2,1-2H3. The van der Waals surface area contributed by atoms with Gasteiger partial charge in [-0.15, -0.1) is 11.3 Å². The lowest BCUT2D eigenvalue weighted by Gasteiger charge is -2.16. The van der Waals surface area contributed by atoms with E-state index in [-0.39, 0.29) is 6.04 Å². The first-order valence-corrected chi connectivity index (χ1v) is 6.82. The molecule has 0 aliphatic carbocycles. The molecule has 1 nitrogen and oxygen atoms in total. The monoisotopic (exact) mass is 265 g/mol. The van der Waals surface area contributed by atoms with Crippen LogP contribution < -0.4 is 5.73 Å². The van der Waals surface area contributed by atoms with E-state index in [0.717, 1.165) is 16.3 Å². The quantitative estimate of drug-likeness (QED) is 0.807. The Balaban J connectivity index is 2.60. The van der Waals surface area contributed by atoms with Crippen LogP contribution in [0, 0.1) is 5.92 Å². The van der Waals surface area contributed by atoms with Gasteiger partial charge in [-0.2, -0.15) is 0 Å². The zero-order valence-corrected chi connectivity index (χ0v) is 11.4. The van der Waals surface area contributed by atoms with Gasteiger partial charge in [-0.1, -0.05) is 49.9 Å². The lowest BCUT2D eigenvalue weighted by molar-refractivity contribution is 0.441. The molecule has 1 aromatic rings. The molecule has 0 aliphatic heterocycles. The lowest BCUT2D eigenvalue weighted by Crippen LogP contribution is -2.13. The van der Waals surface area contributed by atoms with E-state index in [1.54, 1.807) is 0 Å². The Morgan fingerprint density at radius 3 is 2.60 bits per heavy atom. The van der Waals surface area contributed by atoms with Gasteiger partial charge in [0, 0.05) is 6.04 Å². The maximum atomic E-state index is 6.10. The maximum Gasteiger partial charge on any atom is 0.0991 e. The van der Waals surface area contributed by atoms with Crippen molar-refractivity contribution in [2.75, 3.05) is 0 Å². The molecular weight excluding hydrogens is 249 g/mol. The van der Waals surface area contributed by atoms with Crippen LogP contribution in [0.2, 0.25) is 8.67 Å². The molecule has 0 fully saturated rings. The molecule has 1 rings (SSSR count). The van der Waals surface area contributed by atoms with Crippen molar-refractivity contribution in [1.82, 2.24) is 0 Å².